The third kappa shape index (κ3) is 3.49. The van der Waals surface area contributed by atoms with E-state index in [1.54, 1.807) is 18.1 Å². The Morgan fingerprint density at radius 2 is 2.21 bits per heavy atom. The summed E-state index contributed by atoms with van der Waals surface area (Å²) >= 11 is 11.6. The van der Waals surface area contributed by atoms with E-state index in [2.05, 4.69) is 9.97 Å². The van der Waals surface area contributed by atoms with Gasteiger partial charge in [0.1, 0.15) is 10.8 Å². The maximum absolute atomic E-state index is 12.1. The SMILES string of the molecule is CN(CCc1ccccn1)C(=O)c1cc(Cl)c(Cl)[nH]1. The number of nitrogens with zero attached hydrogens (tertiary/aromatic N) is 2. The van der Waals surface area contributed by atoms with E-state index in [1.807, 2.05) is 18.2 Å². The van der Waals surface area contributed by atoms with E-state index in [9.17, 15) is 4.79 Å². The fourth-order valence-corrected chi connectivity index (χ4v) is 1.97. The number of pyridine rings is 1. The number of carbonyl (C=O) groups excluding carboxylic acids is 1. The van der Waals surface area contributed by atoms with Gasteiger partial charge in [-0.15, -0.1) is 0 Å². The number of aromatic nitrogens is 2. The molecule has 6 heteroatoms. The van der Waals surface area contributed by atoms with Crippen molar-refractivity contribution in [1.29, 1.82) is 0 Å². The summed E-state index contributed by atoms with van der Waals surface area (Å²) in [5, 5.41) is 0.631. The zero-order valence-corrected chi connectivity index (χ0v) is 11.9. The van der Waals surface area contributed by atoms with E-state index < -0.39 is 0 Å². The third-order valence-corrected chi connectivity index (χ3v) is 3.42. The van der Waals surface area contributed by atoms with Crippen molar-refractivity contribution >= 4 is 29.1 Å². The summed E-state index contributed by atoms with van der Waals surface area (Å²) in [5.74, 6) is -0.148. The van der Waals surface area contributed by atoms with Crippen molar-refractivity contribution in [2.45, 2.75) is 6.42 Å². The Kier molecular flexibility index (Phi) is 4.45. The van der Waals surface area contributed by atoms with Crippen LogP contribution in [0.5, 0.6) is 0 Å². The molecular weight excluding hydrogens is 285 g/mol. The molecule has 0 saturated carbocycles. The molecule has 0 radical (unpaired) electrons. The molecule has 0 aromatic carbocycles. The molecule has 2 rings (SSSR count). The highest BCUT2D eigenvalue weighted by Crippen LogP contribution is 2.22. The molecule has 100 valence electrons. The van der Waals surface area contributed by atoms with Gasteiger partial charge < -0.3 is 9.88 Å². The summed E-state index contributed by atoms with van der Waals surface area (Å²) in [6.45, 7) is 0.574. The predicted octanol–water partition coefficient (Wildman–Crippen LogP) is 3.03. The number of hydrogen-bond acceptors (Lipinski definition) is 2. The lowest BCUT2D eigenvalue weighted by atomic mass is 10.2. The van der Waals surface area contributed by atoms with E-state index in [0.717, 1.165) is 5.69 Å². The molecule has 0 spiro atoms. The van der Waals surface area contributed by atoms with Gasteiger partial charge in [-0.2, -0.15) is 0 Å². The van der Waals surface area contributed by atoms with E-state index in [-0.39, 0.29) is 11.1 Å². The molecule has 0 bridgehead atoms. The van der Waals surface area contributed by atoms with E-state index >= 15 is 0 Å². The molecule has 19 heavy (non-hydrogen) atoms. The first-order chi connectivity index (χ1) is 9.08. The Balaban J connectivity index is 1.96. The lowest BCUT2D eigenvalue weighted by Gasteiger charge is -2.15. The normalized spacial score (nSPS) is 10.5. The van der Waals surface area contributed by atoms with E-state index in [4.69, 9.17) is 23.2 Å². The van der Waals surface area contributed by atoms with Gasteiger partial charge in [0.25, 0.3) is 5.91 Å². The number of amides is 1. The molecule has 1 amide bonds. The van der Waals surface area contributed by atoms with Crippen molar-refractivity contribution in [2.24, 2.45) is 0 Å². The van der Waals surface area contributed by atoms with Crippen LogP contribution in [-0.4, -0.2) is 34.4 Å². The Labute approximate surface area is 121 Å². The molecule has 0 unspecified atom stereocenters. The number of halogens is 2. The van der Waals surface area contributed by atoms with Crippen LogP contribution in [0.15, 0.2) is 30.5 Å². The zero-order valence-electron chi connectivity index (χ0n) is 10.4. The van der Waals surface area contributed by atoms with Gasteiger partial charge in [-0.05, 0) is 18.2 Å². The average molecular weight is 298 g/mol. The van der Waals surface area contributed by atoms with Crippen LogP contribution in [0, 0.1) is 0 Å². The largest absolute Gasteiger partial charge is 0.340 e. The summed E-state index contributed by atoms with van der Waals surface area (Å²) in [6, 6.07) is 7.25. The van der Waals surface area contributed by atoms with Crippen LogP contribution in [-0.2, 0) is 6.42 Å². The second-order valence-corrected chi connectivity index (χ2v) is 4.93. The second-order valence-electron chi connectivity index (χ2n) is 4.14. The van der Waals surface area contributed by atoms with Crippen molar-refractivity contribution in [1.82, 2.24) is 14.9 Å². The van der Waals surface area contributed by atoms with Crippen molar-refractivity contribution in [3.63, 3.8) is 0 Å². The zero-order chi connectivity index (χ0) is 13.8. The lowest BCUT2D eigenvalue weighted by Crippen LogP contribution is -2.29. The van der Waals surface area contributed by atoms with Crippen LogP contribution in [0.1, 0.15) is 16.2 Å². The molecule has 0 fully saturated rings. The molecule has 0 aliphatic rings. The molecule has 1 N–H and O–H groups in total. The summed E-state index contributed by atoms with van der Waals surface area (Å²) in [7, 11) is 1.73. The maximum atomic E-state index is 12.1. The molecule has 2 aromatic rings. The molecule has 0 saturated heterocycles. The predicted molar refractivity (Wildman–Crippen MR) is 75.7 cm³/mol. The fraction of sp³-hybridized carbons (Fsp3) is 0.231. The molecule has 0 aliphatic carbocycles. The minimum absolute atomic E-state index is 0.148. The summed E-state index contributed by atoms with van der Waals surface area (Å²) < 4.78 is 0. The molecule has 2 aromatic heterocycles. The Bertz CT molecular complexity index is 549. The quantitative estimate of drug-likeness (QED) is 0.943. The van der Waals surface area contributed by atoms with Crippen molar-refractivity contribution < 1.29 is 4.79 Å². The standard InChI is InChI=1S/C13H13Cl2N3O/c1-18(7-5-9-4-2-3-6-16-9)13(19)11-8-10(14)12(15)17-11/h2-4,6,8,17H,5,7H2,1H3. The topological polar surface area (TPSA) is 49.0 Å². The number of hydrogen-bond donors (Lipinski definition) is 1. The van der Waals surface area contributed by atoms with E-state index in [1.165, 1.54) is 6.07 Å². The molecule has 0 atom stereocenters. The monoisotopic (exact) mass is 297 g/mol. The van der Waals surface area contributed by atoms with Gasteiger partial charge in [-0.25, -0.2) is 0 Å². The minimum atomic E-state index is -0.148. The smallest absolute Gasteiger partial charge is 0.270 e. The van der Waals surface area contributed by atoms with Gasteiger partial charge in [0.2, 0.25) is 0 Å². The van der Waals surface area contributed by atoms with Gasteiger partial charge in [0.05, 0.1) is 5.02 Å². The van der Waals surface area contributed by atoms with Gasteiger partial charge in [-0.3, -0.25) is 9.78 Å². The van der Waals surface area contributed by atoms with Crippen molar-refractivity contribution in [3.05, 3.63) is 52.0 Å². The molecule has 0 aliphatic heterocycles. The van der Waals surface area contributed by atoms with Crippen LogP contribution in [0.25, 0.3) is 0 Å². The molecular formula is C13H13Cl2N3O. The van der Waals surface area contributed by atoms with Gasteiger partial charge in [0, 0.05) is 31.9 Å². The fourth-order valence-electron chi connectivity index (χ4n) is 1.65. The van der Waals surface area contributed by atoms with Crippen molar-refractivity contribution in [3.8, 4) is 0 Å². The van der Waals surface area contributed by atoms with Crippen LogP contribution >= 0.6 is 23.2 Å². The first kappa shape index (κ1) is 13.9. The van der Waals surface area contributed by atoms with E-state index in [0.29, 0.717) is 23.7 Å². The third-order valence-electron chi connectivity index (χ3n) is 2.73. The lowest BCUT2D eigenvalue weighted by molar-refractivity contribution is 0.0791. The molecule has 2 heterocycles. The van der Waals surface area contributed by atoms with Crippen LogP contribution in [0.4, 0.5) is 0 Å². The first-order valence-corrected chi connectivity index (χ1v) is 6.53. The Hall–Kier alpha value is -1.52. The average Bonchev–Trinajstić information content (AvgIpc) is 2.76. The summed E-state index contributed by atoms with van der Waals surface area (Å²) in [6.07, 6.45) is 2.44. The second kappa shape index (κ2) is 6.08. The number of likely N-dealkylation sites (N-methyl/N-ethyl adjacent to an activating group) is 1. The number of nitrogens with one attached hydrogen (secondary N) is 1. The maximum Gasteiger partial charge on any atom is 0.270 e. The number of H-pyrrole nitrogens is 1. The number of rotatable bonds is 4. The molecule has 4 nitrogen and oxygen atoms in total. The number of aromatic amines is 1. The van der Waals surface area contributed by atoms with Gasteiger partial charge in [-0.1, -0.05) is 29.3 Å². The highest BCUT2D eigenvalue weighted by molar-refractivity contribution is 6.41. The number of carbonyl (C=O) groups is 1. The Morgan fingerprint density at radius 3 is 2.79 bits per heavy atom. The highest BCUT2D eigenvalue weighted by atomic mass is 35.5. The summed E-state index contributed by atoms with van der Waals surface area (Å²) in [5.41, 5.74) is 1.34. The van der Waals surface area contributed by atoms with Crippen molar-refractivity contribution in [2.75, 3.05) is 13.6 Å². The first-order valence-electron chi connectivity index (χ1n) is 5.77. The van der Waals surface area contributed by atoms with Crippen LogP contribution in [0.3, 0.4) is 0 Å². The minimum Gasteiger partial charge on any atom is -0.340 e. The van der Waals surface area contributed by atoms with Gasteiger partial charge in [0.15, 0.2) is 0 Å². The highest BCUT2D eigenvalue weighted by Gasteiger charge is 2.15. The van der Waals surface area contributed by atoms with Crippen LogP contribution < -0.4 is 0 Å². The Morgan fingerprint density at radius 1 is 1.42 bits per heavy atom. The van der Waals surface area contributed by atoms with Crippen LogP contribution in [0.2, 0.25) is 10.2 Å². The summed E-state index contributed by atoms with van der Waals surface area (Å²) in [4.78, 5) is 20.7. The van der Waals surface area contributed by atoms with Gasteiger partial charge >= 0.3 is 0 Å².